The van der Waals surface area contributed by atoms with Gasteiger partial charge >= 0.3 is 0 Å². The van der Waals surface area contributed by atoms with Crippen LogP contribution in [0.4, 0.5) is 0 Å². The third kappa shape index (κ3) is 5.27. The zero-order valence-corrected chi connectivity index (χ0v) is 9.55. The van der Waals surface area contributed by atoms with E-state index in [2.05, 4.69) is 37.1 Å². The molecule has 0 bridgehead atoms. The molecule has 0 fully saturated rings. The molecule has 0 spiro atoms. The highest BCUT2D eigenvalue weighted by atomic mass is 14.0. The molecular formula is C15H19. The number of rotatable bonds is 6. The highest BCUT2D eigenvalue weighted by Gasteiger charge is 1.94. The predicted octanol–water partition coefficient (Wildman–Crippen LogP) is 4.08. The lowest BCUT2D eigenvalue weighted by molar-refractivity contribution is 0.650. The molecule has 1 aromatic carbocycles. The summed E-state index contributed by atoms with van der Waals surface area (Å²) in [4.78, 5) is 0. The summed E-state index contributed by atoms with van der Waals surface area (Å²) in [5, 5.41) is 0. The van der Waals surface area contributed by atoms with Gasteiger partial charge in [-0.3, -0.25) is 0 Å². The summed E-state index contributed by atoms with van der Waals surface area (Å²) in [5.74, 6) is 2.43. The molecule has 0 unspecified atom stereocenters. The largest absolute Gasteiger partial charge is 0.0891 e. The van der Waals surface area contributed by atoms with Gasteiger partial charge in [0, 0.05) is 6.42 Å². The first-order valence-corrected chi connectivity index (χ1v) is 5.78. The van der Waals surface area contributed by atoms with Gasteiger partial charge in [0.2, 0.25) is 0 Å². The Hall–Kier alpha value is -1.22. The Labute approximate surface area is 93.7 Å². The molecule has 0 aliphatic rings. The fraction of sp³-hybridized carbons (Fsp3) is 0.467. The van der Waals surface area contributed by atoms with Crippen LogP contribution in [0.25, 0.3) is 0 Å². The average Bonchev–Trinajstić information content (AvgIpc) is 2.23. The van der Waals surface area contributed by atoms with Crippen LogP contribution in [-0.4, -0.2) is 0 Å². The van der Waals surface area contributed by atoms with Gasteiger partial charge in [-0.1, -0.05) is 48.6 Å². The van der Waals surface area contributed by atoms with Crippen LogP contribution in [-0.2, 0) is 6.42 Å². The summed E-state index contributed by atoms with van der Waals surface area (Å²) in [6.07, 6.45) is 13.7. The molecule has 0 aliphatic heterocycles. The molecule has 0 aromatic heterocycles. The van der Waals surface area contributed by atoms with Crippen LogP contribution in [0.2, 0.25) is 0 Å². The van der Waals surface area contributed by atoms with Crippen molar-refractivity contribution in [2.24, 2.45) is 0 Å². The fourth-order valence-corrected chi connectivity index (χ4v) is 1.76. The zero-order chi connectivity index (χ0) is 10.9. The average molecular weight is 199 g/mol. The van der Waals surface area contributed by atoms with E-state index in [4.69, 9.17) is 6.42 Å². The molecule has 0 aliphatic carbocycles. The standard InChI is InChI=1S/C15H19/c1-3-4-5-6-7-8-11-15-12-9-10-14(2)13-15/h9-10,12-13H,4-8,11H2,2H3. The minimum atomic E-state index is 0.824. The maximum Gasteiger partial charge on any atom is 0.00989 e. The summed E-state index contributed by atoms with van der Waals surface area (Å²) in [6, 6.07) is 8.75. The van der Waals surface area contributed by atoms with E-state index in [9.17, 15) is 0 Å². The van der Waals surface area contributed by atoms with Gasteiger partial charge in [0.15, 0.2) is 0 Å². The van der Waals surface area contributed by atoms with Gasteiger partial charge in [-0.25, -0.2) is 0 Å². The van der Waals surface area contributed by atoms with E-state index in [0.717, 1.165) is 12.8 Å². The number of aryl methyl sites for hydroxylation is 2. The predicted molar refractivity (Wildman–Crippen MR) is 65.1 cm³/mol. The van der Waals surface area contributed by atoms with E-state index in [1.807, 2.05) is 0 Å². The highest BCUT2D eigenvalue weighted by Crippen LogP contribution is 2.10. The third-order valence-corrected chi connectivity index (χ3v) is 2.60. The van der Waals surface area contributed by atoms with Crippen molar-refractivity contribution in [3.63, 3.8) is 0 Å². The molecule has 79 valence electrons. The van der Waals surface area contributed by atoms with Crippen LogP contribution < -0.4 is 0 Å². The van der Waals surface area contributed by atoms with Crippen molar-refractivity contribution in [1.82, 2.24) is 0 Å². The summed E-state index contributed by atoms with van der Waals surface area (Å²) in [5.41, 5.74) is 2.81. The molecule has 0 N–H and O–H groups in total. The summed E-state index contributed by atoms with van der Waals surface area (Å²) < 4.78 is 0. The monoisotopic (exact) mass is 199 g/mol. The smallest absolute Gasteiger partial charge is 0.00989 e. The SMILES string of the molecule is [C]#CCCCCCCc1cccc(C)c1. The molecule has 15 heavy (non-hydrogen) atoms. The van der Waals surface area contributed by atoms with E-state index in [1.54, 1.807) is 0 Å². The second-order valence-electron chi connectivity index (χ2n) is 4.08. The first-order valence-electron chi connectivity index (χ1n) is 5.78. The van der Waals surface area contributed by atoms with Gasteiger partial charge in [-0.2, -0.15) is 0 Å². The summed E-state index contributed by atoms with van der Waals surface area (Å²) >= 11 is 0. The Morgan fingerprint density at radius 3 is 2.67 bits per heavy atom. The highest BCUT2D eigenvalue weighted by molar-refractivity contribution is 5.22. The first-order chi connectivity index (χ1) is 7.33. The number of hydrogen-bond acceptors (Lipinski definition) is 0. The first kappa shape index (κ1) is 11.9. The van der Waals surface area contributed by atoms with E-state index < -0.39 is 0 Å². The van der Waals surface area contributed by atoms with Gasteiger partial charge in [0.05, 0.1) is 0 Å². The van der Waals surface area contributed by atoms with Crippen molar-refractivity contribution in [2.75, 3.05) is 0 Å². The molecule has 0 amide bonds. The second-order valence-corrected chi connectivity index (χ2v) is 4.08. The molecule has 0 saturated carbocycles. The minimum absolute atomic E-state index is 0.824. The van der Waals surface area contributed by atoms with Gasteiger partial charge < -0.3 is 0 Å². The summed E-state index contributed by atoms with van der Waals surface area (Å²) in [7, 11) is 0. The van der Waals surface area contributed by atoms with Crippen LogP contribution in [0, 0.1) is 19.3 Å². The van der Waals surface area contributed by atoms with Crippen molar-refractivity contribution in [3.8, 4) is 5.92 Å². The molecule has 0 heterocycles. The number of benzene rings is 1. The van der Waals surface area contributed by atoms with Gasteiger partial charge in [-0.05, 0) is 38.2 Å². The molecule has 0 saturated heterocycles. The lowest BCUT2D eigenvalue weighted by atomic mass is 10.0. The summed E-state index contributed by atoms with van der Waals surface area (Å²) in [6.45, 7) is 2.14. The van der Waals surface area contributed by atoms with E-state index in [1.165, 1.54) is 36.8 Å². The van der Waals surface area contributed by atoms with E-state index >= 15 is 0 Å². The quantitative estimate of drug-likeness (QED) is 0.478. The maximum absolute atomic E-state index is 6.79. The fourth-order valence-electron chi connectivity index (χ4n) is 1.76. The number of unbranched alkanes of at least 4 members (excludes halogenated alkanes) is 4. The molecule has 0 heteroatoms. The van der Waals surface area contributed by atoms with E-state index in [0.29, 0.717) is 0 Å². The Morgan fingerprint density at radius 2 is 1.93 bits per heavy atom. The van der Waals surface area contributed by atoms with Crippen LogP contribution in [0.5, 0.6) is 0 Å². The molecule has 1 rings (SSSR count). The van der Waals surface area contributed by atoms with E-state index in [-0.39, 0.29) is 0 Å². The van der Waals surface area contributed by atoms with Crippen molar-refractivity contribution in [3.05, 3.63) is 41.8 Å². The van der Waals surface area contributed by atoms with Gasteiger partial charge in [0.25, 0.3) is 0 Å². The molecule has 0 nitrogen and oxygen atoms in total. The molecule has 1 radical (unpaired) electrons. The molecule has 0 atom stereocenters. The Kier molecular flexibility index (Phi) is 5.63. The zero-order valence-electron chi connectivity index (χ0n) is 9.55. The Morgan fingerprint density at radius 1 is 1.13 bits per heavy atom. The van der Waals surface area contributed by atoms with Crippen molar-refractivity contribution >= 4 is 0 Å². The van der Waals surface area contributed by atoms with Crippen LogP contribution >= 0.6 is 0 Å². The van der Waals surface area contributed by atoms with Gasteiger partial charge in [-0.15, -0.1) is 0 Å². The number of hydrogen-bond donors (Lipinski definition) is 0. The third-order valence-electron chi connectivity index (χ3n) is 2.60. The lowest BCUT2D eigenvalue weighted by Gasteiger charge is -2.02. The van der Waals surface area contributed by atoms with Crippen molar-refractivity contribution in [1.29, 1.82) is 0 Å². The maximum atomic E-state index is 6.79. The van der Waals surface area contributed by atoms with Gasteiger partial charge in [0.1, 0.15) is 0 Å². The van der Waals surface area contributed by atoms with Crippen molar-refractivity contribution in [2.45, 2.75) is 45.4 Å². The Bertz CT molecular complexity index is 317. The Balaban J connectivity index is 2.13. The van der Waals surface area contributed by atoms with Crippen molar-refractivity contribution < 1.29 is 0 Å². The topological polar surface area (TPSA) is 0 Å². The van der Waals surface area contributed by atoms with Crippen LogP contribution in [0.15, 0.2) is 24.3 Å². The molecule has 1 aromatic rings. The molecular weight excluding hydrogens is 180 g/mol. The lowest BCUT2D eigenvalue weighted by Crippen LogP contribution is -1.86. The minimum Gasteiger partial charge on any atom is -0.0891 e. The van der Waals surface area contributed by atoms with Crippen LogP contribution in [0.3, 0.4) is 0 Å². The second kappa shape index (κ2) is 7.12. The van der Waals surface area contributed by atoms with Crippen LogP contribution in [0.1, 0.15) is 43.2 Å². The normalized spacial score (nSPS) is 9.87.